The molecule has 24 heavy (non-hydrogen) atoms. The lowest BCUT2D eigenvalue weighted by molar-refractivity contribution is 0.210. The van der Waals surface area contributed by atoms with Gasteiger partial charge in [-0.15, -0.1) is 0 Å². The molecule has 1 unspecified atom stereocenters. The van der Waals surface area contributed by atoms with E-state index in [4.69, 9.17) is 4.74 Å². The van der Waals surface area contributed by atoms with Crippen molar-refractivity contribution in [3.05, 3.63) is 29.3 Å². The van der Waals surface area contributed by atoms with Crippen LogP contribution in [0.4, 0.5) is 0 Å². The third-order valence-electron chi connectivity index (χ3n) is 4.68. The van der Waals surface area contributed by atoms with Crippen molar-refractivity contribution in [3.8, 4) is 5.75 Å². The molecule has 0 radical (unpaired) electrons. The maximum atomic E-state index is 5.39. The van der Waals surface area contributed by atoms with Crippen molar-refractivity contribution < 1.29 is 4.74 Å². The molecular weight excluding hydrogens is 300 g/mol. The molecule has 134 valence electrons. The van der Waals surface area contributed by atoms with Gasteiger partial charge in [0.05, 0.1) is 7.11 Å². The van der Waals surface area contributed by atoms with Crippen LogP contribution in [0.25, 0.3) is 0 Å². The van der Waals surface area contributed by atoms with Crippen molar-refractivity contribution in [2.75, 3.05) is 47.4 Å². The van der Waals surface area contributed by atoms with E-state index in [1.54, 1.807) is 7.11 Å². The fourth-order valence-electron chi connectivity index (χ4n) is 3.25. The highest BCUT2D eigenvalue weighted by Gasteiger charge is 2.17. The van der Waals surface area contributed by atoms with E-state index in [0.29, 0.717) is 5.92 Å². The zero-order valence-electron chi connectivity index (χ0n) is 15.6. The average Bonchev–Trinajstić information content (AvgIpc) is 2.59. The molecule has 0 aliphatic carbocycles. The minimum Gasteiger partial charge on any atom is -0.496 e. The summed E-state index contributed by atoms with van der Waals surface area (Å²) in [5, 5.41) is 6.87. The zero-order chi connectivity index (χ0) is 17.4. The molecule has 5 nitrogen and oxygen atoms in total. The van der Waals surface area contributed by atoms with Gasteiger partial charge in [-0.25, -0.2) is 0 Å². The Morgan fingerprint density at radius 1 is 1.38 bits per heavy atom. The van der Waals surface area contributed by atoms with Crippen LogP contribution in [-0.2, 0) is 6.42 Å². The number of benzene rings is 1. The quantitative estimate of drug-likeness (QED) is 0.618. The number of likely N-dealkylation sites (tertiary alicyclic amines) is 1. The first-order chi connectivity index (χ1) is 11.6. The van der Waals surface area contributed by atoms with Crippen LogP contribution in [0.1, 0.15) is 24.0 Å². The fourth-order valence-corrected chi connectivity index (χ4v) is 3.25. The number of guanidine groups is 1. The van der Waals surface area contributed by atoms with Gasteiger partial charge in [-0.1, -0.05) is 12.1 Å². The first kappa shape index (κ1) is 18.6. The Kier molecular flexibility index (Phi) is 7.37. The largest absolute Gasteiger partial charge is 0.496 e. The third kappa shape index (κ3) is 5.71. The summed E-state index contributed by atoms with van der Waals surface area (Å²) in [6, 6.07) is 6.39. The molecule has 1 atom stereocenters. The molecule has 5 heteroatoms. The lowest BCUT2D eigenvalue weighted by Crippen LogP contribution is -2.44. The Bertz CT molecular complexity index is 544. The maximum Gasteiger partial charge on any atom is 0.190 e. The molecule has 0 spiro atoms. The number of aliphatic imine (C=N–C) groups is 1. The SMILES string of the molecule is CN=C(NCCc1ccc(C)c(OC)c1)NCC1CCCN(C)C1. The Balaban J connectivity index is 1.73. The van der Waals surface area contributed by atoms with Crippen LogP contribution in [0.5, 0.6) is 5.75 Å². The summed E-state index contributed by atoms with van der Waals surface area (Å²) in [5.74, 6) is 2.56. The normalized spacial score (nSPS) is 19.2. The smallest absolute Gasteiger partial charge is 0.190 e. The van der Waals surface area contributed by atoms with Gasteiger partial charge in [0.1, 0.15) is 5.75 Å². The van der Waals surface area contributed by atoms with Crippen molar-refractivity contribution in [1.29, 1.82) is 0 Å². The van der Waals surface area contributed by atoms with Crippen molar-refractivity contribution in [2.45, 2.75) is 26.2 Å². The topological polar surface area (TPSA) is 48.9 Å². The Morgan fingerprint density at radius 2 is 2.21 bits per heavy atom. The highest BCUT2D eigenvalue weighted by Crippen LogP contribution is 2.19. The molecule has 0 saturated carbocycles. The molecule has 2 rings (SSSR count). The Labute approximate surface area is 146 Å². The molecule has 1 aliphatic heterocycles. The van der Waals surface area contributed by atoms with Gasteiger partial charge in [0, 0.05) is 26.7 Å². The summed E-state index contributed by atoms with van der Waals surface area (Å²) in [5.41, 5.74) is 2.44. The Hall–Kier alpha value is -1.75. The predicted octanol–water partition coefficient (Wildman–Crippen LogP) is 2.05. The average molecular weight is 332 g/mol. The number of nitrogens with zero attached hydrogens (tertiary/aromatic N) is 2. The molecule has 1 saturated heterocycles. The van der Waals surface area contributed by atoms with Crippen LogP contribution in [0.2, 0.25) is 0 Å². The van der Waals surface area contributed by atoms with Gasteiger partial charge >= 0.3 is 0 Å². The molecule has 1 fully saturated rings. The number of hydrogen-bond acceptors (Lipinski definition) is 3. The summed E-state index contributed by atoms with van der Waals surface area (Å²) in [6.45, 7) is 6.31. The number of hydrogen-bond donors (Lipinski definition) is 2. The van der Waals surface area contributed by atoms with E-state index < -0.39 is 0 Å². The summed E-state index contributed by atoms with van der Waals surface area (Å²) in [4.78, 5) is 6.74. The molecule has 1 heterocycles. The minimum atomic E-state index is 0.712. The Morgan fingerprint density at radius 3 is 2.92 bits per heavy atom. The lowest BCUT2D eigenvalue weighted by atomic mass is 9.99. The predicted molar refractivity (Wildman–Crippen MR) is 101 cm³/mol. The third-order valence-corrected chi connectivity index (χ3v) is 4.68. The van der Waals surface area contributed by atoms with Crippen LogP contribution in [-0.4, -0.2) is 58.2 Å². The molecule has 1 aromatic carbocycles. The van der Waals surface area contributed by atoms with Crippen LogP contribution >= 0.6 is 0 Å². The van der Waals surface area contributed by atoms with Crippen molar-refractivity contribution in [2.24, 2.45) is 10.9 Å². The fraction of sp³-hybridized carbons (Fsp3) is 0.632. The van der Waals surface area contributed by atoms with Crippen molar-refractivity contribution in [1.82, 2.24) is 15.5 Å². The number of methoxy groups -OCH3 is 1. The highest BCUT2D eigenvalue weighted by atomic mass is 16.5. The van der Waals surface area contributed by atoms with E-state index in [1.807, 2.05) is 7.05 Å². The van der Waals surface area contributed by atoms with Gasteiger partial charge in [0.25, 0.3) is 0 Å². The van der Waals surface area contributed by atoms with Crippen LogP contribution in [0.3, 0.4) is 0 Å². The van der Waals surface area contributed by atoms with E-state index in [0.717, 1.165) is 31.2 Å². The molecule has 0 aromatic heterocycles. The van der Waals surface area contributed by atoms with Crippen molar-refractivity contribution >= 4 is 5.96 Å². The zero-order valence-corrected chi connectivity index (χ0v) is 15.6. The van der Waals surface area contributed by atoms with Gasteiger partial charge in [0.15, 0.2) is 5.96 Å². The van der Waals surface area contributed by atoms with Gasteiger partial charge in [0.2, 0.25) is 0 Å². The van der Waals surface area contributed by atoms with Crippen LogP contribution in [0, 0.1) is 12.8 Å². The molecule has 0 amide bonds. The van der Waals surface area contributed by atoms with Crippen LogP contribution in [0.15, 0.2) is 23.2 Å². The second kappa shape index (κ2) is 9.52. The van der Waals surface area contributed by atoms with E-state index in [-0.39, 0.29) is 0 Å². The number of aryl methyl sites for hydroxylation is 1. The van der Waals surface area contributed by atoms with Gasteiger partial charge in [-0.3, -0.25) is 4.99 Å². The van der Waals surface area contributed by atoms with E-state index in [2.05, 4.69) is 52.7 Å². The maximum absolute atomic E-state index is 5.39. The van der Waals surface area contributed by atoms with E-state index >= 15 is 0 Å². The first-order valence-electron chi connectivity index (χ1n) is 8.89. The molecule has 0 bridgehead atoms. The minimum absolute atomic E-state index is 0.712. The number of rotatable bonds is 6. The van der Waals surface area contributed by atoms with Gasteiger partial charge in [-0.2, -0.15) is 0 Å². The number of piperidine rings is 1. The van der Waals surface area contributed by atoms with E-state index in [9.17, 15) is 0 Å². The summed E-state index contributed by atoms with van der Waals surface area (Å²) in [6.07, 6.45) is 3.55. The molecule has 1 aliphatic rings. The highest BCUT2D eigenvalue weighted by molar-refractivity contribution is 5.79. The second-order valence-corrected chi connectivity index (χ2v) is 6.70. The molecule has 2 N–H and O–H groups in total. The van der Waals surface area contributed by atoms with E-state index in [1.165, 1.54) is 37.1 Å². The second-order valence-electron chi connectivity index (χ2n) is 6.70. The lowest BCUT2D eigenvalue weighted by Gasteiger charge is -2.30. The standard InChI is InChI=1S/C19H32N4O/c1-15-7-8-16(12-18(15)24-4)9-10-21-19(20-2)22-13-17-6-5-11-23(3)14-17/h7-8,12,17H,5-6,9-11,13-14H2,1-4H3,(H2,20,21,22). The molecular formula is C19H32N4O. The first-order valence-corrected chi connectivity index (χ1v) is 8.89. The van der Waals surface area contributed by atoms with Gasteiger partial charge in [-0.05, 0) is 62.9 Å². The monoisotopic (exact) mass is 332 g/mol. The van der Waals surface area contributed by atoms with Crippen molar-refractivity contribution in [3.63, 3.8) is 0 Å². The molecule has 1 aromatic rings. The summed E-state index contributed by atoms with van der Waals surface area (Å²) >= 11 is 0. The summed E-state index contributed by atoms with van der Waals surface area (Å²) < 4.78 is 5.39. The van der Waals surface area contributed by atoms with Gasteiger partial charge < -0.3 is 20.3 Å². The summed E-state index contributed by atoms with van der Waals surface area (Å²) in [7, 11) is 5.76. The number of ether oxygens (including phenoxy) is 1. The van der Waals surface area contributed by atoms with Crippen LogP contribution < -0.4 is 15.4 Å². The number of nitrogens with one attached hydrogen (secondary N) is 2.